The van der Waals surface area contributed by atoms with Crippen LogP contribution in [0.2, 0.25) is 20.1 Å². The van der Waals surface area contributed by atoms with Gasteiger partial charge in [-0.05, 0) is 38.2 Å². The molecule has 2 aliphatic rings. The van der Waals surface area contributed by atoms with Crippen LogP contribution in [0.1, 0.15) is 38.1 Å². The number of nitrogens with zero attached hydrogens (tertiary/aromatic N) is 4. The Morgan fingerprint density at radius 2 is 1.72 bits per heavy atom. The summed E-state index contributed by atoms with van der Waals surface area (Å²) in [6.45, 7) is 2.01. The largest absolute Gasteiger partial charge is 0.341 e. The van der Waals surface area contributed by atoms with Crippen molar-refractivity contribution in [2.75, 3.05) is 29.1 Å². The lowest BCUT2D eigenvalue weighted by Gasteiger charge is -2.27. The van der Waals surface area contributed by atoms with Crippen LogP contribution in [0.3, 0.4) is 0 Å². The molecule has 2 fully saturated rings. The summed E-state index contributed by atoms with van der Waals surface area (Å²) >= 11 is 25.7. The summed E-state index contributed by atoms with van der Waals surface area (Å²) in [4.78, 5) is 14.8. The van der Waals surface area contributed by atoms with Gasteiger partial charge in [-0.2, -0.15) is 0 Å². The number of anilines is 2. The topological polar surface area (TPSA) is 63.1 Å². The summed E-state index contributed by atoms with van der Waals surface area (Å²) in [5.74, 6) is 0.784. The Kier molecular flexibility index (Phi) is 6.71. The second kappa shape index (κ2) is 9.10. The molecule has 1 amide bonds. The molecule has 1 saturated heterocycles. The van der Waals surface area contributed by atoms with E-state index in [2.05, 4.69) is 25.0 Å². The van der Waals surface area contributed by atoms with Crippen LogP contribution in [0, 0.1) is 0 Å². The average molecular weight is 495 g/mol. The van der Waals surface area contributed by atoms with Crippen LogP contribution >= 0.6 is 58.2 Å². The van der Waals surface area contributed by atoms with E-state index in [-0.39, 0.29) is 37.4 Å². The number of nitrogens with one attached hydrogen (secondary N) is 1. The molecule has 1 aliphatic carbocycles. The minimum absolute atomic E-state index is 0.141. The van der Waals surface area contributed by atoms with Crippen molar-refractivity contribution in [3.63, 3.8) is 0 Å². The van der Waals surface area contributed by atoms with E-state index < -0.39 is 0 Å². The highest BCUT2D eigenvalue weighted by Crippen LogP contribution is 2.42. The Hall–Kier alpha value is -0.860. The second-order valence-electron chi connectivity index (χ2n) is 7.11. The van der Waals surface area contributed by atoms with Crippen molar-refractivity contribution in [1.29, 1.82) is 0 Å². The molecular formula is C18H19Cl4N5OS. The van der Waals surface area contributed by atoms with Crippen molar-refractivity contribution >= 4 is 75.7 Å². The predicted octanol–water partition coefficient (Wildman–Crippen LogP) is 5.95. The molecule has 156 valence electrons. The van der Waals surface area contributed by atoms with E-state index in [0.717, 1.165) is 37.0 Å². The maximum absolute atomic E-state index is 12.5. The van der Waals surface area contributed by atoms with Gasteiger partial charge in [0.2, 0.25) is 11.9 Å². The number of piperidine rings is 1. The van der Waals surface area contributed by atoms with E-state index in [1.54, 1.807) is 0 Å². The first kappa shape index (κ1) is 21.4. The van der Waals surface area contributed by atoms with Crippen molar-refractivity contribution in [3.05, 3.63) is 26.2 Å². The van der Waals surface area contributed by atoms with Crippen LogP contribution in [-0.4, -0.2) is 39.5 Å². The standard InChI is InChI=1S/C18H19Cl4N5OS/c19-11-8-12(20)15(22)16(14(11)21)23-13(28)9-29-18-25-24-17(27(18)10-4-5-10)26-6-2-1-3-7-26/h8,10H,1-7,9H2,(H,23,28). The number of carbonyl (C=O) groups is 1. The number of benzene rings is 1. The second-order valence-corrected chi connectivity index (χ2v) is 9.62. The molecule has 0 spiro atoms. The molecule has 4 rings (SSSR count). The van der Waals surface area contributed by atoms with Gasteiger partial charge in [-0.1, -0.05) is 58.2 Å². The lowest BCUT2D eigenvalue weighted by molar-refractivity contribution is -0.113. The fraction of sp³-hybridized carbons (Fsp3) is 0.500. The van der Waals surface area contributed by atoms with E-state index in [0.29, 0.717) is 6.04 Å². The molecule has 1 saturated carbocycles. The maximum Gasteiger partial charge on any atom is 0.234 e. The summed E-state index contributed by atoms with van der Waals surface area (Å²) < 4.78 is 2.18. The number of carbonyl (C=O) groups excluding carboxylic acids is 1. The highest BCUT2D eigenvalue weighted by Gasteiger charge is 2.32. The Balaban J connectivity index is 1.46. The zero-order valence-electron chi connectivity index (χ0n) is 15.4. The van der Waals surface area contributed by atoms with Gasteiger partial charge in [0.25, 0.3) is 0 Å². The summed E-state index contributed by atoms with van der Waals surface area (Å²) in [6, 6.07) is 1.86. The molecule has 0 atom stereocenters. The normalized spacial score (nSPS) is 16.9. The van der Waals surface area contributed by atoms with Gasteiger partial charge in [-0.15, -0.1) is 10.2 Å². The van der Waals surface area contributed by atoms with Gasteiger partial charge in [0.1, 0.15) is 0 Å². The number of amides is 1. The van der Waals surface area contributed by atoms with E-state index in [9.17, 15) is 4.79 Å². The van der Waals surface area contributed by atoms with Crippen molar-refractivity contribution < 1.29 is 4.79 Å². The zero-order valence-corrected chi connectivity index (χ0v) is 19.3. The van der Waals surface area contributed by atoms with Gasteiger partial charge in [0.15, 0.2) is 5.16 Å². The van der Waals surface area contributed by atoms with Gasteiger partial charge in [-0.25, -0.2) is 0 Å². The fourth-order valence-corrected chi connectivity index (χ4v) is 5.02. The van der Waals surface area contributed by atoms with Crippen molar-refractivity contribution in [3.8, 4) is 0 Å². The number of rotatable bonds is 6. The molecule has 6 nitrogen and oxygen atoms in total. The first-order valence-corrected chi connectivity index (χ1v) is 11.9. The molecule has 0 unspecified atom stereocenters. The van der Waals surface area contributed by atoms with Crippen LogP contribution in [-0.2, 0) is 4.79 Å². The molecule has 0 radical (unpaired) electrons. The monoisotopic (exact) mass is 493 g/mol. The van der Waals surface area contributed by atoms with Crippen LogP contribution < -0.4 is 10.2 Å². The number of halogens is 4. The van der Waals surface area contributed by atoms with Gasteiger partial charge in [-0.3, -0.25) is 9.36 Å². The quantitative estimate of drug-likeness (QED) is 0.397. The molecular weight excluding hydrogens is 476 g/mol. The number of hydrogen-bond donors (Lipinski definition) is 1. The van der Waals surface area contributed by atoms with Gasteiger partial charge in [0, 0.05) is 19.1 Å². The lowest BCUT2D eigenvalue weighted by atomic mass is 10.1. The third-order valence-corrected chi connectivity index (χ3v) is 7.42. The molecule has 1 N–H and O–H groups in total. The molecule has 0 bridgehead atoms. The first-order chi connectivity index (χ1) is 14.0. The van der Waals surface area contributed by atoms with Gasteiger partial charge in [0.05, 0.1) is 31.5 Å². The number of thioether (sulfide) groups is 1. The van der Waals surface area contributed by atoms with E-state index >= 15 is 0 Å². The highest BCUT2D eigenvalue weighted by molar-refractivity contribution is 7.99. The lowest BCUT2D eigenvalue weighted by Crippen LogP contribution is -2.32. The van der Waals surface area contributed by atoms with E-state index in [4.69, 9.17) is 46.4 Å². The van der Waals surface area contributed by atoms with Crippen LogP contribution in [0.15, 0.2) is 11.2 Å². The maximum atomic E-state index is 12.5. The zero-order chi connectivity index (χ0) is 20.5. The van der Waals surface area contributed by atoms with E-state index in [1.807, 2.05) is 0 Å². The fourth-order valence-electron chi connectivity index (χ4n) is 3.32. The molecule has 1 aromatic carbocycles. The van der Waals surface area contributed by atoms with Crippen molar-refractivity contribution in [2.24, 2.45) is 0 Å². The molecule has 2 heterocycles. The third-order valence-electron chi connectivity index (χ3n) is 4.91. The molecule has 11 heteroatoms. The van der Waals surface area contributed by atoms with Crippen molar-refractivity contribution in [1.82, 2.24) is 14.8 Å². The Bertz CT molecular complexity index is 901. The predicted molar refractivity (Wildman–Crippen MR) is 120 cm³/mol. The summed E-state index contributed by atoms with van der Waals surface area (Å²) in [5, 5.41) is 13.0. The highest BCUT2D eigenvalue weighted by atomic mass is 35.5. The minimum atomic E-state index is -0.276. The third kappa shape index (κ3) is 4.74. The molecule has 2 aromatic rings. The Labute approximate surface area is 193 Å². The van der Waals surface area contributed by atoms with Crippen LogP contribution in [0.4, 0.5) is 11.6 Å². The average Bonchev–Trinajstić information content (AvgIpc) is 3.47. The number of hydrogen-bond acceptors (Lipinski definition) is 5. The summed E-state index contributed by atoms with van der Waals surface area (Å²) in [6.07, 6.45) is 5.84. The molecule has 1 aromatic heterocycles. The Morgan fingerprint density at radius 3 is 2.34 bits per heavy atom. The van der Waals surface area contributed by atoms with E-state index in [1.165, 1.54) is 37.1 Å². The summed E-state index contributed by atoms with van der Waals surface area (Å²) in [5.41, 5.74) is 0.217. The smallest absolute Gasteiger partial charge is 0.234 e. The SMILES string of the molecule is O=C(CSc1nnc(N2CCCCC2)n1C1CC1)Nc1c(Cl)c(Cl)cc(Cl)c1Cl. The van der Waals surface area contributed by atoms with Crippen molar-refractivity contribution in [2.45, 2.75) is 43.3 Å². The number of aromatic nitrogens is 3. The molecule has 29 heavy (non-hydrogen) atoms. The minimum Gasteiger partial charge on any atom is -0.341 e. The van der Waals surface area contributed by atoms with Gasteiger partial charge < -0.3 is 10.2 Å². The van der Waals surface area contributed by atoms with Crippen LogP contribution in [0.25, 0.3) is 0 Å². The first-order valence-electron chi connectivity index (χ1n) is 9.41. The van der Waals surface area contributed by atoms with Crippen LogP contribution in [0.5, 0.6) is 0 Å². The Morgan fingerprint density at radius 1 is 1.07 bits per heavy atom. The van der Waals surface area contributed by atoms with Gasteiger partial charge >= 0.3 is 0 Å². The molecule has 1 aliphatic heterocycles. The summed E-state index contributed by atoms with van der Waals surface area (Å²) in [7, 11) is 0.